The van der Waals surface area contributed by atoms with Crippen molar-refractivity contribution in [2.45, 2.75) is 83.1 Å². The molecular formula is C19H31NS. The van der Waals surface area contributed by atoms with Crippen LogP contribution in [0.2, 0.25) is 0 Å². The Kier molecular flexibility index (Phi) is 5.76. The van der Waals surface area contributed by atoms with Gasteiger partial charge in [-0.2, -0.15) is 0 Å². The minimum Gasteiger partial charge on any atom is -0.313 e. The third-order valence-electron chi connectivity index (χ3n) is 5.55. The summed E-state index contributed by atoms with van der Waals surface area (Å²) in [7, 11) is 0. The third kappa shape index (κ3) is 3.90. The first kappa shape index (κ1) is 15.6. The van der Waals surface area contributed by atoms with Crippen LogP contribution in [0, 0.1) is 5.92 Å². The number of fused-ring (bicyclic) bond motifs is 1. The van der Waals surface area contributed by atoms with E-state index in [1.54, 1.807) is 10.4 Å². The second-order valence-corrected chi connectivity index (χ2v) is 8.10. The number of hydrogen-bond acceptors (Lipinski definition) is 2. The van der Waals surface area contributed by atoms with Crippen LogP contribution in [-0.2, 0) is 6.42 Å². The summed E-state index contributed by atoms with van der Waals surface area (Å²) in [6, 6.07) is 3.15. The van der Waals surface area contributed by atoms with Gasteiger partial charge in [-0.1, -0.05) is 39.0 Å². The van der Waals surface area contributed by atoms with Gasteiger partial charge in [-0.15, -0.1) is 11.3 Å². The summed E-state index contributed by atoms with van der Waals surface area (Å²) in [5.41, 5.74) is 1.69. The minimum atomic E-state index is 0.724. The Labute approximate surface area is 134 Å². The van der Waals surface area contributed by atoms with Crippen LogP contribution in [0.3, 0.4) is 0 Å². The molecule has 2 unspecified atom stereocenters. The van der Waals surface area contributed by atoms with Gasteiger partial charge in [0.1, 0.15) is 0 Å². The number of thiophene rings is 1. The van der Waals surface area contributed by atoms with Gasteiger partial charge in [0.2, 0.25) is 0 Å². The second kappa shape index (κ2) is 7.78. The molecule has 1 fully saturated rings. The molecule has 3 rings (SSSR count). The first-order valence-corrected chi connectivity index (χ1v) is 10.1. The van der Waals surface area contributed by atoms with E-state index in [1.807, 2.05) is 11.3 Å². The minimum absolute atomic E-state index is 0.724. The van der Waals surface area contributed by atoms with Crippen molar-refractivity contribution >= 4 is 11.3 Å². The molecule has 0 radical (unpaired) electrons. The molecule has 2 atom stereocenters. The number of rotatable bonds is 6. The van der Waals surface area contributed by atoms with Gasteiger partial charge in [-0.05, 0) is 61.6 Å². The maximum Gasteiger partial charge on any atom is 0.0139 e. The lowest BCUT2D eigenvalue weighted by atomic mass is 9.76. The van der Waals surface area contributed by atoms with Gasteiger partial charge >= 0.3 is 0 Å². The average molecular weight is 306 g/mol. The molecule has 1 nitrogen and oxygen atoms in total. The van der Waals surface area contributed by atoms with E-state index in [1.165, 1.54) is 70.8 Å². The lowest BCUT2D eigenvalue weighted by Gasteiger charge is -2.35. The van der Waals surface area contributed by atoms with Gasteiger partial charge in [0.05, 0.1) is 0 Å². The highest BCUT2D eigenvalue weighted by Gasteiger charge is 2.30. The van der Waals surface area contributed by atoms with Crippen LogP contribution in [0.1, 0.15) is 81.1 Å². The van der Waals surface area contributed by atoms with E-state index in [-0.39, 0.29) is 0 Å². The van der Waals surface area contributed by atoms with E-state index in [0.29, 0.717) is 0 Å². The smallest absolute Gasteiger partial charge is 0.0139 e. The van der Waals surface area contributed by atoms with Crippen molar-refractivity contribution in [1.82, 2.24) is 5.32 Å². The van der Waals surface area contributed by atoms with Crippen molar-refractivity contribution in [3.8, 4) is 0 Å². The van der Waals surface area contributed by atoms with Gasteiger partial charge in [-0.25, -0.2) is 0 Å². The van der Waals surface area contributed by atoms with Crippen LogP contribution >= 0.6 is 11.3 Å². The maximum absolute atomic E-state index is 3.92. The Balaban J connectivity index is 1.69. The standard InChI is InChI=1S/C19H31NS/c1-2-12-20-18(14-15-7-4-3-5-8-15)16-9-6-10-19-17(16)11-13-21-19/h11,13,15-16,18,20H,2-10,12,14H2,1H3. The molecule has 118 valence electrons. The monoisotopic (exact) mass is 305 g/mol. The van der Waals surface area contributed by atoms with E-state index in [2.05, 4.69) is 23.7 Å². The summed E-state index contributed by atoms with van der Waals surface area (Å²) in [6.07, 6.45) is 14.2. The highest BCUT2D eigenvalue weighted by Crippen LogP contribution is 2.40. The van der Waals surface area contributed by atoms with Crippen molar-refractivity contribution in [2.75, 3.05) is 6.54 Å². The lowest BCUT2D eigenvalue weighted by Crippen LogP contribution is -2.38. The fourth-order valence-electron chi connectivity index (χ4n) is 4.44. The Morgan fingerprint density at radius 1 is 1.19 bits per heavy atom. The molecule has 1 saturated carbocycles. The largest absolute Gasteiger partial charge is 0.313 e. The van der Waals surface area contributed by atoms with Gasteiger partial charge in [0.25, 0.3) is 0 Å². The Morgan fingerprint density at radius 3 is 2.86 bits per heavy atom. The van der Waals surface area contributed by atoms with Crippen LogP contribution in [0.25, 0.3) is 0 Å². The molecule has 2 aliphatic carbocycles. The van der Waals surface area contributed by atoms with Crippen LogP contribution in [0.15, 0.2) is 11.4 Å². The van der Waals surface area contributed by atoms with Crippen molar-refractivity contribution in [3.63, 3.8) is 0 Å². The highest BCUT2D eigenvalue weighted by molar-refractivity contribution is 7.10. The zero-order chi connectivity index (χ0) is 14.5. The fourth-order valence-corrected chi connectivity index (χ4v) is 5.44. The average Bonchev–Trinajstić information content (AvgIpc) is 3.01. The Hall–Kier alpha value is -0.340. The molecule has 0 saturated heterocycles. The zero-order valence-corrected chi connectivity index (χ0v) is 14.4. The van der Waals surface area contributed by atoms with Gasteiger partial charge in [-0.3, -0.25) is 0 Å². The van der Waals surface area contributed by atoms with Crippen LogP contribution in [0.5, 0.6) is 0 Å². The normalized spacial score (nSPS) is 24.7. The number of hydrogen-bond donors (Lipinski definition) is 1. The zero-order valence-electron chi connectivity index (χ0n) is 13.6. The predicted molar refractivity (Wildman–Crippen MR) is 93.3 cm³/mol. The molecular weight excluding hydrogens is 274 g/mol. The molecule has 1 N–H and O–H groups in total. The molecule has 21 heavy (non-hydrogen) atoms. The molecule has 0 aromatic carbocycles. The molecule has 2 heteroatoms. The Bertz CT molecular complexity index is 419. The molecule has 0 spiro atoms. The van der Waals surface area contributed by atoms with Crippen molar-refractivity contribution in [2.24, 2.45) is 5.92 Å². The second-order valence-electron chi connectivity index (χ2n) is 7.10. The summed E-state index contributed by atoms with van der Waals surface area (Å²) in [6.45, 7) is 3.48. The van der Waals surface area contributed by atoms with Crippen LogP contribution in [-0.4, -0.2) is 12.6 Å². The van der Waals surface area contributed by atoms with Crippen molar-refractivity contribution in [1.29, 1.82) is 0 Å². The van der Waals surface area contributed by atoms with Gasteiger partial charge in [0.15, 0.2) is 0 Å². The first-order valence-electron chi connectivity index (χ1n) is 9.18. The van der Waals surface area contributed by atoms with E-state index >= 15 is 0 Å². The van der Waals surface area contributed by atoms with Gasteiger partial charge in [0, 0.05) is 16.8 Å². The predicted octanol–water partition coefficient (Wildman–Crippen LogP) is 5.51. The van der Waals surface area contributed by atoms with E-state index in [0.717, 1.165) is 17.9 Å². The molecule has 0 amide bonds. The molecule has 1 aromatic rings. The highest BCUT2D eigenvalue weighted by atomic mass is 32.1. The topological polar surface area (TPSA) is 12.0 Å². The maximum atomic E-state index is 3.92. The van der Waals surface area contributed by atoms with Crippen molar-refractivity contribution < 1.29 is 0 Å². The first-order chi connectivity index (χ1) is 10.4. The molecule has 2 aliphatic rings. The molecule has 1 heterocycles. The number of aryl methyl sites for hydroxylation is 1. The van der Waals surface area contributed by atoms with E-state index in [9.17, 15) is 0 Å². The summed E-state index contributed by atoms with van der Waals surface area (Å²) < 4.78 is 0. The summed E-state index contributed by atoms with van der Waals surface area (Å²) in [5.74, 6) is 1.77. The summed E-state index contributed by atoms with van der Waals surface area (Å²) >= 11 is 1.99. The quantitative estimate of drug-likeness (QED) is 0.731. The van der Waals surface area contributed by atoms with E-state index < -0.39 is 0 Å². The number of nitrogens with one attached hydrogen (secondary N) is 1. The fraction of sp³-hybridized carbons (Fsp3) is 0.789. The van der Waals surface area contributed by atoms with Gasteiger partial charge < -0.3 is 5.32 Å². The van der Waals surface area contributed by atoms with Crippen molar-refractivity contribution in [3.05, 3.63) is 21.9 Å². The van der Waals surface area contributed by atoms with Crippen LogP contribution in [0.4, 0.5) is 0 Å². The molecule has 1 aromatic heterocycles. The van der Waals surface area contributed by atoms with E-state index in [4.69, 9.17) is 0 Å². The summed E-state index contributed by atoms with van der Waals surface area (Å²) in [5, 5.41) is 6.24. The molecule has 0 bridgehead atoms. The molecule has 0 aliphatic heterocycles. The summed E-state index contributed by atoms with van der Waals surface area (Å²) in [4.78, 5) is 1.68. The third-order valence-corrected chi connectivity index (χ3v) is 6.55. The van der Waals surface area contributed by atoms with Crippen LogP contribution < -0.4 is 5.32 Å². The lowest BCUT2D eigenvalue weighted by molar-refractivity contribution is 0.269. The SMILES string of the molecule is CCCNC(CC1CCCCC1)C1CCCc2sccc21. The Morgan fingerprint density at radius 2 is 2.05 bits per heavy atom.